The van der Waals surface area contributed by atoms with Crippen molar-refractivity contribution in [2.24, 2.45) is 5.92 Å². The third kappa shape index (κ3) is 3.44. The van der Waals surface area contributed by atoms with Gasteiger partial charge in [-0.3, -0.25) is 9.59 Å². The fourth-order valence-corrected chi connectivity index (χ4v) is 2.44. The van der Waals surface area contributed by atoms with Gasteiger partial charge in [-0.1, -0.05) is 37.3 Å². The zero-order chi connectivity index (χ0) is 17.1. The molecule has 1 atom stereocenters. The summed E-state index contributed by atoms with van der Waals surface area (Å²) in [6.07, 6.45) is 0. The van der Waals surface area contributed by atoms with Gasteiger partial charge < -0.3 is 14.4 Å². The van der Waals surface area contributed by atoms with Crippen molar-refractivity contribution >= 4 is 11.9 Å². The molecule has 1 amide bonds. The summed E-state index contributed by atoms with van der Waals surface area (Å²) in [6.45, 7) is 5.38. The van der Waals surface area contributed by atoms with Gasteiger partial charge in [0.05, 0.1) is 11.5 Å². The van der Waals surface area contributed by atoms with E-state index in [0.717, 1.165) is 11.1 Å². The summed E-state index contributed by atoms with van der Waals surface area (Å²) >= 11 is 0. The molecule has 0 saturated heterocycles. The van der Waals surface area contributed by atoms with E-state index in [2.05, 4.69) is 0 Å². The predicted octanol–water partition coefficient (Wildman–Crippen LogP) is 3.36. The fourth-order valence-electron chi connectivity index (χ4n) is 2.44. The number of carbonyl (C=O) groups excluding carboxylic acids is 1. The van der Waals surface area contributed by atoms with Crippen molar-refractivity contribution < 1.29 is 19.1 Å². The van der Waals surface area contributed by atoms with Crippen LogP contribution in [0.4, 0.5) is 0 Å². The van der Waals surface area contributed by atoms with E-state index >= 15 is 0 Å². The summed E-state index contributed by atoms with van der Waals surface area (Å²) in [4.78, 5) is 25.2. The van der Waals surface area contributed by atoms with Gasteiger partial charge in [-0.2, -0.15) is 0 Å². The molecule has 1 N–H and O–H groups in total. The van der Waals surface area contributed by atoms with Crippen molar-refractivity contribution in [3.8, 4) is 11.3 Å². The molecular weight excluding hydrogens is 294 g/mol. The number of carbonyl (C=O) groups is 2. The molecule has 0 radical (unpaired) electrons. The fraction of sp³-hybridized carbons (Fsp3) is 0.333. The number of amides is 1. The molecule has 0 fully saturated rings. The number of aryl methyl sites for hydroxylation is 1. The lowest BCUT2D eigenvalue weighted by Gasteiger charge is -2.20. The smallest absolute Gasteiger partial charge is 0.308 e. The summed E-state index contributed by atoms with van der Waals surface area (Å²) < 4.78 is 5.79. The van der Waals surface area contributed by atoms with Gasteiger partial charge in [0.25, 0.3) is 5.91 Å². The molecule has 1 aromatic heterocycles. The largest absolute Gasteiger partial charge is 0.481 e. The molecule has 0 aliphatic rings. The van der Waals surface area contributed by atoms with Gasteiger partial charge in [-0.25, -0.2) is 0 Å². The second kappa shape index (κ2) is 6.69. The number of hydrogen-bond donors (Lipinski definition) is 1. The van der Waals surface area contributed by atoms with Crippen molar-refractivity contribution in [2.75, 3.05) is 13.6 Å². The summed E-state index contributed by atoms with van der Waals surface area (Å²) in [7, 11) is 1.61. The van der Waals surface area contributed by atoms with Gasteiger partial charge in [-0.15, -0.1) is 0 Å². The average Bonchev–Trinajstić information content (AvgIpc) is 2.82. The van der Waals surface area contributed by atoms with Gasteiger partial charge in [0, 0.05) is 24.7 Å². The van der Waals surface area contributed by atoms with Gasteiger partial charge in [-0.05, 0) is 13.8 Å². The lowest BCUT2D eigenvalue weighted by molar-refractivity contribution is -0.141. The first-order valence-corrected chi connectivity index (χ1v) is 7.46. The number of nitrogens with zero attached hydrogens (tertiary/aromatic N) is 1. The van der Waals surface area contributed by atoms with E-state index in [1.54, 1.807) is 14.0 Å². The normalized spacial score (nSPS) is 12.0. The molecule has 0 saturated carbocycles. The highest BCUT2D eigenvalue weighted by Crippen LogP contribution is 2.31. The first kappa shape index (κ1) is 16.8. The number of carboxylic acids is 1. The van der Waals surface area contributed by atoms with Crippen LogP contribution in [-0.4, -0.2) is 35.5 Å². The molecule has 23 heavy (non-hydrogen) atoms. The van der Waals surface area contributed by atoms with Crippen LogP contribution in [-0.2, 0) is 4.79 Å². The van der Waals surface area contributed by atoms with Crippen LogP contribution in [0.2, 0.25) is 0 Å². The summed E-state index contributed by atoms with van der Waals surface area (Å²) in [6, 6.07) is 9.43. The van der Waals surface area contributed by atoms with E-state index in [0.29, 0.717) is 17.1 Å². The lowest BCUT2D eigenvalue weighted by atomic mass is 10.0. The zero-order valence-electron chi connectivity index (χ0n) is 13.8. The maximum atomic E-state index is 12.8. The Bertz CT molecular complexity index is 718. The second-order valence-electron chi connectivity index (χ2n) is 5.78. The molecule has 1 heterocycles. The van der Waals surface area contributed by atoms with E-state index in [1.165, 1.54) is 4.90 Å². The van der Waals surface area contributed by atoms with Crippen LogP contribution in [0.3, 0.4) is 0 Å². The number of benzene rings is 1. The predicted molar refractivity (Wildman–Crippen MR) is 87.4 cm³/mol. The average molecular weight is 315 g/mol. The van der Waals surface area contributed by atoms with Crippen LogP contribution in [0.1, 0.15) is 28.6 Å². The Balaban J connectivity index is 2.39. The van der Waals surface area contributed by atoms with Crippen molar-refractivity contribution in [2.45, 2.75) is 20.8 Å². The van der Waals surface area contributed by atoms with E-state index in [-0.39, 0.29) is 12.5 Å². The third-order valence-electron chi connectivity index (χ3n) is 3.95. The highest BCUT2D eigenvalue weighted by Gasteiger charge is 2.26. The molecule has 5 nitrogen and oxygen atoms in total. The van der Waals surface area contributed by atoms with Crippen molar-refractivity contribution in [3.63, 3.8) is 0 Å². The number of rotatable bonds is 5. The summed E-state index contributed by atoms with van der Waals surface area (Å²) in [5.74, 6) is -0.566. The molecule has 2 rings (SSSR count). The van der Waals surface area contributed by atoms with Gasteiger partial charge in [0.2, 0.25) is 0 Å². The molecule has 0 bridgehead atoms. The molecule has 122 valence electrons. The highest BCUT2D eigenvalue weighted by molar-refractivity contribution is 6.01. The molecule has 0 spiro atoms. The monoisotopic (exact) mass is 315 g/mol. The van der Waals surface area contributed by atoms with Crippen LogP contribution in [0.5, 0.6) is 0 Å². The third-order valence-corrected chi connectivity index (χ3v) is 3.95. The topological polar surface area (TPSA) is 70.8 Å². The Morgan fingerprint density at radius 1 is 1.22 bits per heavy atom. The van der Waals surface area contributed by atoms with Gasteiger partial charge in [0.1, 0.15) is 11.5 Å². The minimum Gasteiger partial charge on any atom is -0.481 e. The molecular formula is C18H21NO4. The van der Waals surface area contributed by atoms with Crippen LogP contribution < -0.4 is 0 Å². The summed E-state index contributed by atoms with van der Waals surface area (Å²) in [5, 5.41) is 9.02. The van der Waals surface area contributed by atoms with Gasteiger partial charge in [0.15, 0.2) is 0 Å². The standard InChI is InChI=1S/C18H21NO4/c1-11(18(21)22)10-19(4)17(20)15-12(2)13(3)23-16(15)14-8-6-5-7-9-14/h5-9,11H,10H2,1-4H3,(H,21,22). The summed E-state index contributed by atoms with van der Waals surface area (Å²) in [5.41, 5.74) is 2.10. The Morgan fingerprint density at radius 3 is 2.39 bits per heavy atom. The first-order valence-electron chi connectivity index (χ1n) is 7.46. The molecule has 1 aromatic carbocycles. The lowest BCUT2D eigenvalue weighted by Crippen LogP contribution is -2.34. The molecule has 1 unspecified atom stereocenters. The molecule has 2 aromatic rings. The first-order chi connectivity index (χ1) is 10.8. The number of hydrogen-bond acceptors (Lipinski definition) is 3. The number of carboxylic acid groups (broad SMARTS) is 1. The Kier molecular flexibility index (Phi) is 4.89. The maximum absolute atomic E-state index is 12.8. The van der Waals surface area contributed by atoms with Crippen LogP contribution in [0, 0.1) is 19.8 Å². The van der Waals surface area contributed by atoms with E-state index in [1.807, 2.05) is 44.2 Å². The van der Waals surface area contributed by atoms with Crippen molar-refractivity contribution in [1.82, 2.24) is 4.90 Å². The van der Waals surface area contributed by atoms with Crippen LogP contribution >= 0.6 is 0 Å². The Hall–Kier alpha value is -2.56. The Morgan fingerprint density at radius 2 is 1.83 bits per heavy atom. The van der Waals surface area contributed by atoms with Crippen LogP contribution in [0.15, 0.2) is 34.7 Å². The maximum Gasteiger partial charge on any atom is 0.308 e. The zero-order valence-corrected chi connectivity index (χ0v) is 13.8. The van der Waals surface area contributed by atoms with E-state index < -0.39 is 11.9 Å². The molecule has 0 aliphatic carbocycles. The minimum atomic E-state index is -0.923. The van der Waals surface area contributed by atoms with Crippen molar-refractivity contribution in [3.05, 3.63) is 47.2 Å². The molecule has 0 aliphatic heterocycles. The number of aliphatic carboxylic acids is 1. The quantitative estimate of drug-likeness (QED) is 0.918. The van der Waals surface area contributed by atoms with Crippen LogP contribution in [0.25, 0.3) is 11.3 Å². The highest BCUT2D eigenvalue weighted by atomic mass is 16.4. The second-order valence-corrected chi connectivity index (χ2v) is 5.78. The van der Waals surface area contributed by atoms with Gasteiger partial charge >= 0.3 is 5.97 Å². The van der Waals surface area contributed by atoms with E-state index in [4.69, 9.17) is 9.52 Å². The Labute approximate surface area is 135 Å². The van der Waals surface area contributed by atoms with E-state index in [9.17, 15) is 9.59 Å². The van der Waals surface area contributed by atoms with Crippen molar-refractivity contribution in [1.29, 1.82) is 0 Å². The SMILES string of the molecule is Cc1oc(-c2ccccc2)c(C(=O)N(C)CC(C)C(=O)O)c1C. The minimum absolute atomic E-state index is 0.145. The number of furan rings is 1. The molecule has 5 heteroatoms.